The van der Waals surface area contributed by atoms with Crippen LogP contribution in [-0.2, 0) is 19.6 Å². The second-order valence-corrected chi connectivity index (χ2v) is 14.1. The molecule has 0 aliphatic carbocycles. The predicted molar refractivity (Wildman–Crippen MR) is 197 cm³/mol. The van der Waals surface area contributed by atoms with E-state index in [0.717, 1.165) is 22.4 Å². The number of nitrogens with zero attached hydrogens (tertiary/aromatic N) is 8. The molecule has 0 aliphatic heterocycles. The quantitative estimate of drug-likeness (QED) is 0.0675. The first-order valence-electron chi connectivity index (χ1n) is 15.6. The van der Waals surface area contributed by atoms with Gasteiger partial charge in [0.2, 0.25) is 26.9 Å². The van der Waals surface area contributed by atoms with Crippen LogP contribution in [0.25, 0.3) is 15.3 Å². The third-order valence-corrected chi connectivity index (χ3v) is 10.0. The number of benzene rings is 2. The van der Waals surface area contributed by atoms with Crippen LogP contribution in [0.4, 0.5) is 34.8 Å². The Morgan fingerprint density at radius 1 is 1.12 bits per heavy atom. The minimum atomic E-state index is -4.17. The Hall–Kier alpha value is -4.29. The van der Waals surface area contributed by atoms with Gasteiger partial charge in [0.1, 0.15) is 11.6 Å². The van der Waals surface area contributed by atoms with Crippen LogP contribution in [0.3, 0.4) is 0 Å². The van der Waals surface area contributed by atoms with Crippen molar-refractivity contribution in [1.29, 1.82) is 5.26 Å². The summed E-state index contributed by atoms with van der Waals surface area (Å²) in [7, 11) is -0.835. The average Bonchev–Trinajstić information content (AvgIpc) is 3.71. The monoisotopic (exact) mass is 771 g/mol. The molecule has 266 valence electrons. The van der Waals surface area contributed by atoms with Crippen molar-refractivity contribution < 1.29 is 23.1 Å². The Balaban J connectivity index is 0.00000605. The Kier molecular flexibility index (Phi) is 13.6. The number of aryl methyl sites for hydroxylation is 3. The molecule has 0 radical (unpaired) electrons. The summed E-state index contributed by atoms with van der Waals surface area (Å²) in [6, 6.07) is 8.97. The third-order valence-electron chi connectivity index (χ3n) is 7.45. The summed E-state index contributed by atoms with van der Waals surface area (Å²) in [4.78, 5) is 24.6. The molecule has 0 bridgehead atoms. The number of sulfonamides is 1. The zero-order valence-corrected chi connectivity index (χ0v) is 33.1. The van der Waals surface area contributed by atoms with Crippen molar-refractivity contribution >= 4 is 110 Å². The van der Waals surface area contributed by atoms with Gasteiger partial charge in [-0.1, -0.05) is 29.0 Å². The van der Waals surface area contributed by atoms with Crippen molar-refractivity contribution in [3.8, 4) is 11.2 Å². The van der Waals surface area contributed by atoms with E-state index in [1.807, 2.05) is 20.8 Å². The molecule has 5 rings (SSSR count). The number of aliphatic carboxylic acids is 1. The number of methoxy groups -OCH3 is 1. The van der Waals surface area contributed by atoms with Crippen molar-refractivity contribution in [2.24, 2.45) is 10.2 Å². The molecular weight excluding hydrogens is 737 g/mol. The molecule has 1 atom stereocenters. The Morgan fingerprint density at radius 3 is 2.48 bits per heavy atom. The van der Waals surface area contributed by atoms with Gasteiger partial charge in [-0.15, -0.1) is 15.3 Å². The molecule has 4 N–H and O–H groups in total. The van der Waals surface area contributed by atoms with Crippen LogP contribution < -0.4 is 25.8 Å². The predicted octanol–water partition coefficient (Wildman–Crippen LogP) is 3.75. The van der Waals surface area contributed by atoms with Crippen molar-refractivity contribution in [2.75, 3.05) is 43.3 Å². The minimum absolute atomic E-state index is 0. The molecular formula is C32H35CaN12O5S2+. The molecule has 3 heterocycles. The molecule has 0 fully saturated rings. The number of carbonyl (C=O) groups excluding carboxylic acids is 1. The largest absolute Gasteiger partial charge is 2.00 e. The van der Waals surface area contributed by atoms with E-state index in [4.69, 9.17) is 4.74 Å². The standard InChI is InChI=1S/C32H36N12O5S2.Ca/c1-17-12-18(2)25(19(3)13-17)37-29-26(28(35-10-7-11-49-6)38-31(34-5)39-29)40-41-27-21(15-33)16-44(42-27)32-36-23-14-22(8-9-24(23)50-32)51(47,48)43-20(4)30(45)46;/h8-9,12-14,16,20,43H,7,10-11H2,1-6H3,(H,45,46)(H3,34,35,37,38,39);/q;+2/p-1. The Bertz CT molecular complexity index is 2260. The van der Waals surface area contributed by atoms with E-state index in [2.05, 4.69) is 69.2 Å². The molecule has 0 saturated carbocycles. The molecule has 0 amide bonds. The van der Waals surface area contributed by atoms with Crippen molar-refractivity contribution in [3.63, 3.8) is 0 Å². The van der Waals surface area contributed by atoms with Gasteiger partial charge in [-0.2, -0.15) is 15.2 Å². The zero-order chi connectivity index (χ0) is 36.9. The zero-order valence-electron chi connectivity index (χ0n) is 29.3. The number of nitriles is 1. The summed E-state index contributed by atoms with van der Waals surface area (Å²) in [5.41, 5.74) is 4.67. The summed E-state index contributed by atoms with van der Waals surface area (Å²) in [6.45, 7) is 8.23. The molecule has 0 spiro atoms. The summed E-state index contributed by atoms with van der Waals surface area (Å²) < 4.78 is 34.7. The third kappa shape index (κ3) is 9.38. The number of aromatic nitrogens is 5. The number of fused-ring (bicyclic) bond motifs is 1. The first-order valence-corrected chi connectivity index (χ1v) is 17.9. The number of carbonyl (C=O) groups is 1. The molecule has 5 aromatic rings. The van der Waals surface area contributed by atoms with Gasteiger partial charge in [0.05, 0.1) is 33.3 Å². The molecule has 3 aromatic heterocycles. The summed E-state index contributed by atoms with van der Waals surface area (Å²) in [5, 5.41) is 44.4. The number of ether oxygens (including phenoxy) is 1. The van der Waals surface area contributed by atoms with Crippen LogP contribution in [-0.4, -0.2) is 110 Å². The van der Waals surface area contributed by atoms with Gasteiger partial charge in [-0.25, -0.2) is 22.8 Å². The molecule has 20 heteroatoms. The van der Waals surface area contributed by atoms with Crippen LogP contribution >= 0.6 is 11.3 Å². The Morgan fingerprint density at radius 2 is 1.83 bits per heavy atom. The second kappa shape index (κ2) is 17.5. The van der Waals surface area contributed by atoms with E-state index < -0.39 is 22.0 Å². The number of anilines is 4. The fourth-order valence-electron chi connectivity index (χ4n) is 5.01. The maximum atomic E-state index is 12.7. The summed E-state index contributed by atoms with van der Waals surface area (Å²) >= 11 is 1.19. The van der Waals surface area contributed by atoms with E-state index in [-0.39, 0.29) is 59.7 Å². The maximum Gasteiger partial charge on any atom is 2.00 e. The summed E-state index contributed by atoms with van der Waals surface area (Å²) in [6.07, 6.45) is 2.13. The molecule has 0 saturated heterocycles. The number of azo groups is 1. The minimum Gasteiger partial charge on any atom is -0.548 e. The van der Waals surface area contributed by atoms with Crippen LogP contribution in [0, 0.1) is 32.1 Å². The average molecular weight is 772 g/mol. The van der Waals surface area contributed by atoms with Crippen LogP contribution in [0.15, 0.2) is 51.7 Å². The first-order chi connectivity index (χ1) is 24.3. The topological polar surface area (TPSA) is 237 Å². The number of thiazole rings is 1. The Labute approximate surface area is 334 Å². The van der Waals surface area contributed by atoms with E-state index in [9.17, 15) is 23.6 Å². The SMILES string of the molecule is CNc1nc(NCCCOC)c(N=Nc2nn(-c3nc4cc(S(=O)(=O)NC(C)C(=O)[O-])ccc4s3)cc2C#N)c(Nc2c(C)cc(C)cc2C)n1.[Ca+2]. The fourth-order valence-corrected chi connectivity index (χ4v) is 7.10. The molecule has 0 aliphatic rings. The second-order valence-electron chi connectivity index (χ2n) is 11.4. The van der Waals surface area contributed by atoms with Gasteiger partial charge in [-0.3, -0.25) is 0 Å². The van der Waals surface area contributed by atoms with Gasteiger partial charge >= 0.3 is 37.7 Å². The normalized spacial score (nSPS) is 12.0. The van der Waals surface area contributed by atoms with Crippen LogP contribution in [0.1, 0.15) is 35.6 Å². The van der Waals surface area contributed by atoms with E-state index >= 15 is 0 Å². The number of carboxylic acids is 1. The number of hydrogen-bond donors (Lipinski definition) is 4. The van der Waals surface area contributed by atoms with E-state index in [0.29, 0.717) is 52.5 Å². The maximum absolute atomic E-state index is 12.7. The van der Waals surface area contributed by atoms with Gasteiger partial charge in [-0.05, 0) is 63.4 Å². The number of carboxylic acid groups (broad SMARTS) is 1. The molecule has 52 heavy (non-hydrogen) atoms. The van der Waals surface area contributed by atoms with Gasteiger partial charge in [0, 0.05) is 33.0 Å². The first kappa shape index (κ1) is 40.5. The number of hydrogen-bond acceptors (Lipinski definition) is 16. The van der Waals surface area contributed by atoms with Gasteiger partial charge in [0.15, 0.2) is 17.3 Å². The van der Waals surface area contributed by atoms with Gasteiger partial charge < -0.3 is 30.6 Å². The number of rotatable bonds is 15. The molecule has 17 nitrogen and oxygen atoms in total. The van der Waals surface area contributed by atoms with E-state index in [1.54, 1.807) is 20.2 Å². The number of nitrogens with one attached hydrogen (secondary N) is 4. The van der Waals surface area contributed by atoms with Crippen LogP contribution in [0.5, 0.6) is 0 Å². The van der Waals surface area contributed by atoms with Crippen molar-refractivity contribution in [2.45, 2.75) is 45.1 Å². The van der Waals surface area contributed by atoms with Gasteiger partial charge in [0.25, 0.3) is 0 Å². The van der Waals surface area contributed by atoms with Crippen molar-refractivity contribution in [1.82, 2.24) is 29.5 Å². The smallest absolute Gasteiger partial charge is 0.548 e. The summed E-state index contributed by atoms with van der Waals surface area (Å²) in [5.74, 6) is -0.474. The van der Waals surface area contributed by atoms with Crippen molar-refractivity contribution in [3.05, 3.63) is 58.8 Å². The fraction of sp³-hybridized carbons (Fsp3) is 0.312. The van der Waals surface area contributed by atoms with Crippen LogP contribution in [0.2, 0.25) is 0 Å². The molecule has 2 aromatic carbocycles. The van der Waals surface area contributed by atoms with E-state index in [1.165, 1.54) is 41.3 Å². The molecule has 1 unspecified atom stereocenters.